The SMILES string of the molecule is O=c1cccc2nc(Cc3ccccc3F)[nH]n12. The quantitative estimate of drug-likeness (QED) is 0.745. The van der Waals surface area contributed by atoms with E-state index in [1.165, 1.54) is 16.6 Å². The molecule has 90 valence electrons. The molecule has 0 aliphatic rings. The highest BCUT2D eigenvalue weighted by Gasteiger charge is 2.07. The molecule has 2 aromatic heterocycles. The minimum atomic E-state index is -0.273. The van der Waals surface area contributed by atoms with Gasteiger partial charge in [-0.1, -0.05) is 24.3 Å². The fraction of sp³-hybridized carbons (Fsp3) is 0.0769. The fourth-order valence-electron chi connectivity index (χ4n) is 1.87. The van der Waals surface area contributed by atoms with Crippen molar-refractivity contribution in [1.82, 2.24) is 14.6 Å². The number of nitrogens with one attached hydrogen (secondary N) is 1. The summed E-state index contributed by atoms with van der Waals surface area (Å²) in [6.45, 7) is 0. The first-order valence-electron chi connectivity index (χ1n) is 5.54. The minimum Gasteiger partial charge on any atom is -0.276 e. The molecule has 0 aliphatic carbocycles. The maximum absolute atomic E-state index is 13.5. The predicted octanol–water partition coefficient (Wildman–Crippen LogP) is 1.75. The molecule has 2 heterocycles. The largest absolute Gasteiger partial charge is 0.276 e. The molecule has 1 aromatic carbocycles. The van der Waals surface area contributed by atoms with E-state index in [9.17, 15) is 9.18 Å². The van der Waals surface area contributed by atoms with Crippen LogP contribution in [0.3, 0.4) is 0 Å². The maximum Gasteiger partial charge on any atom is 0.271 e. The second kappa shape index (κ2) is 4.10. The van der Waals surface area contributed by atoms with Gasteiger partial charge >= 0.3 is 0 Å². The normalized spacial score (nSPS) is 10.9. The van der Waals surface area contributed by atoms with E-state index in [1.807, 2.05) is 0 Å². The summed E-state index contributed by atoms with van der Waals surface area (Å²) in [5.41, 5.74) is 0.901. The van der Waals surface area contributed by atoms with Gasteiger partial charge in [0.25, 0.3) is 5.56 Å². The number of benzene rings is 1. The van der Waals surface area contributed by atoms with Crippen molar-refractivity contribution < 1.29 is 4.39 Å². The lowest BCUT2D eigenvalue weighted by Gasteiger charge is -1.98. The third-order valence-electron chi connectivity index (χ3n) is 2.74. The van der Waals surface area contributed by atoms with Crippen LogP contribution >= 0.6 is 0 Å². The Labute approximate surface area is 102 Å². The van der Waals surface area contributed by atoms with Crippen LogP contribution in [-0.4, -0.2) is 14.6 Å². The minimum absolute atomic E-state index is 0.181. The van der Waals surface area contributed by atoms with E-state index in [0.29, 0.717) is 23.5 Å². The van der Waals surface area contributed by atoms with Crippen molar-refractivity contribution in [1.29, 1.82) is 0 Å². The maximum atomic E-state index is 13.5. The predicted molar refractivity (Wildman–Crippen MR) is 65.0 cm³/mol. The van der Waals surface area contributed by atoms with E-state index in [0.717, 1.165) is 0 Å². The van der Waals surface area contributed by atoms with Crippen LogP contribution in [0.4, 0.5) is 4.39 Å². The number of rotatable bonds is 2. The Kier molecular flexibility index (Phi) is 2.44. The summed E-state index contributed by atoms with van der Waals surface area (Å²) in [7, 11) is 0. The molecule has 18 heavy (non-hydrogen) atoms. The van der Waals surface area contributed by atoms with E-state index < -0.39 is 0 Å². The number of pyridine rings is 1. The summed E-state index contributed by atoms with van der Waals surface area (Å²) in [5.74, 6) is 0.286. The van der Waals surface area contributed by atoms with Crippen LogP contribution in [0.15, 0.2) is 47.3 Å². The number of halogens is 1. The molecule has 1 N–H and O–H groups in total. The van der Waals surface area contributed by atoms with Crippen LogP contribution in [0.1, 0.15) is 11.4 Å². The van der Waals surface area contributed by atoms with E-state index in [1.54, 1.807) is 30.3 Å². The number of aromatic nitrogens is 3. The van der Waals surface area contributed by atoms with Crippen LogP contribution in [0.2, 0.25) is 0 Å². The molecule has 0 aliphatic heterocycles. The first-order valence-corrected chi connectivity index (χ1v) is 5.54. The number of fused-ring (bicyclic) bond motifs is 1. The van der Waals surface area contributed by atoms with Gasteiger partial charge in [0.05, 0.1) is 0 Å². The van der Waals surface area contributed by atoms with Crippen LogP contribution in [-0.2, 0) is 6.42 Å². The third kappa shape index (κ3) is 1.79. The summed E-state index contributed by atoms with van der Waals surface area (Å²) in [6.07, 6.45) is 0.327. The summed E-state index contributed by atoms with van der Waals surface area (Å²) in [6, 6.07) is 11.3. The van der Waals surface area contributed by atoms with Crippen LogP contribution in [0, 0.1) is 5.82 Å². The monoisotopic (exact) mass is 243 g/mol. The van der Waals surface area contributed by atoms with Gasteiger partial charge in [-0.25, -0.2) is 13.9 Å². The average molecular weight is 243 g/mol. The van der Waals surface area contributed by atoms with E-state index in [-0.39, 0.29) is 11.4 Å². The van der Waals surface area contributed by atoms with Crippen molar-refractivity contribution in [3.63, 3.8) is 0 Å². The molecule has 5 heteroatoms. The highest BCUT2D eigenvalue weighted by atomic mass is 19.1. The lowest BCUT2D eigenvalue weighted by atomic mass is 10.1. The summed E-state index contributed by atoms with van der Waals surface area (Å²) < 4.78 is 14.8. The van der Waals surface area contributed by atoms with Gasteiger partial charge in [0.2, 0.25) is 0 Å². The summed E-state index contributed by atoms with van der Waals surface area (Å²) >= 11 is 0. The van der Waals surface area contributed by atoms with Gasteiger partial charge in [-0.3, -0.25) is 9.89 Å². The van der Waals surface area contributed by atoms with E-state index >= 15 is 0 Å². The standard InChI is InChI=1S/C13H10FN3O/c14-10-5-2-1-4-9(10)8-11-15-12-6-3-7-13(18)17(12)16-11/h1-7H,8H2,(H,15,16). The molecule has 0 spiro atoms. The van der Waals surface area contributed by atoms with Gasteiger partial charge in [0.15, 0.2) is 5.65 Å². The highest BCUT2D eigenvalue weighted by Crippen LogP contribution is 2.10. The molecule has 0 atom stereocenters. The van der Waals surface area contributed by atoms with Gasteiger partial charge in [-0.2, -0.15) is 0 Å². The van der Waals surface area contributed by atoms with Crippen molar-refractivity contribution in [2.75, 3.05) is 0 Å². The molecule has 0 saturated carbocycles. The van der Waals surface area contributed by atoms with Crippen LogP contribution in [0.25, 0.3) is 5.65 Å². The first kappa shape index (κ1) is 10.7. The Morgan fingerprint density at radius 2 is 2.00 bits per heavy atom. The average Bonchev–Trinajstić information content (AvgIpc) is 2.76. The lowest BCUT2D eigenvalue weighted by molar-refractivity contribution is 0.612. The zero-order chi connectivity index (χ0) is 12.5. The smallest absolute Gasteiger partial charge is 0.271 e. The Morgan fingerprint density at radius 1 is 1.17 bits per heavy atom. The number of hydrogen-bond acceptors (Lipinski definition) is 2. The topological polar surface area (TPSA) is 50.2 Å². The Balaban J connectivity index is 2.04. The molecule has 0 bridgehead atoms. The van der Waals surface area contributed by atoms with E-state index in [2.05, 4.69) is 10.1 Å². The van der Waals surface area contributed by atoms with Gasteiger partial charge in [0, 0.05) is 12.5 Å². The fourth-order valence-corrected chi connectivity index (χ4v) is 1.87. The molecule has 0 amide bonds. The van der Waals surface area contributed by atoms with Crippen molar-refractivity contribution in [3.8, 4) is 0 Å². The molecule has 4 nitrogen and oxygen atoms in total. The van der Waals surface area contributed by atoms with Crippen LogP contribution < -0.4 is 5.56 Å². The molecule has 3 aromatic rings. The van der Waals surface area contributed by atoms with E-state index in [4.69, 9.17) is 0 Å². The Bertz CT molecular complexity index is 760. The van der Waals surface area contributed by atoms with Crippen molar-refractivity contribution in [2.45, 2.75) is 6.42 Å². The van der Waals surface area contributed by atoms with Crippen molar-refractivity contribution in [2.24, 2.45) is 0 Å². The molecule has 3 rings (SSSR count). The van der Waals surface area contributed by atoms with Crippen molar-refractivity contribution >= 4 is 5.65 Å². The first-order chi connectivity index (χ1) is 8.74. The lowest BCUT2D eigenvalue weighted by Crippen LogP contribution is -2.11. The Morgan fingerprint density at radius 3 is 2.78 bits per heavy atom. The molecule has 0 saturated heterocycles. The second-order valence-corrected chi connectivity index (χ2v) is 4.00. The number of aromatic amines is 1. The van der Waals surface area contributed by atoms with Gasteiger partial charge in [-0.15, -0.1) is 0 Å². The third-order valence-corrected chi connectivity index (χ3v) is 2.74. The molecule has 0 fully saturated rings. The molecular weight excluding hydrogens is 233 g/mol. The summed E-state index contributed by atoms with van der Waals surface area (Å²) in [5, 5.41) is 2.87. The molecular formula is C13H10FN3O. The molecule has 0 radical (unpaired) electrons. The number of H-pyrrole nitrogens is 1. The van der Waals surface area contributed by atoms with Gasteiger partial charge in [-0.05, 0) is 17.7 Å². The molecule has 0 unspecified atom stereocenters. The summed E-state index contributed by atoms with van der Waals surface area (Å²) in [4.78, 5) is 15.8. The van der Waals surface area contributed by atoms with Gasteiger partial charge in [0.1, 0.15) is 11.6 Å². The van der Waals surface area contributed by atoms with Crippen LogP contribution in [0.5, 0.6) is 0 Å². The number of hydrogen-bond donors (Lipinski definition) is 1. The number of nitrogens with zero attached hydrogens (tertiary/aromatic N) is 2. The van der Waals surface area contributed by atoms with Crippen molar-refractivity contribution in [3.05, 3.63) is 70.0 Å². The highest BCUT2D eigenvalue weighted by molar-refractivity contribution is 5.37. The van der Waals surface area contributed by atoms with Gasteiger partial charge < -0.3 is 0 Å². The zero-order valence-electron chi connectivity index (χ0n) is 9.43. The Hall–Kier alpha value is -2.43. The second-order valence-electron chi connectivity index (χ2n) is 4.00. The zero-order valence-corrected chi connectivity index (χ0v) is 9.43.